The predicted octanol–water partition coefficient (Wildman–Crippen LogP) is 3.18. The summed E-state index contributed by atoms with van der Waals surface area (Å²) < 4.78 is 9.36. The summed E-state index contributed by atoms with van der Waals surface area (Å²) in [4.78, 5) is 15.4. The van der Waals surface area contributed by atoms with Crippen molar-refractivity contribution in [1.29, 1.82) is 0 Å². The number of hydrogen-bond donors (Lipinski definition) is 1. The summed E-state index contributed by atoms with van der Waals surface area (Å²) in [5, 5.41) is 4.26. The Kier molecular flexibility index (Phi) is 4.07. The highest BCUT2D eigenvalue weighted by molar-refractivity contribution is 7.33. The molecule has 1 atom stereocenters. The van der Waals surface area contributed by atoms with E-state index in [2.05, 4.69) is 35.5 Å². The fourth-order valence-corrected chi connectivity index (χ4v) is 5.34. The molecule has 4 nitrogen and oxygen atoms in total. The first-order valence-electron chi connectivity index (χ1n) is 7.70. The lowest BCUT2D eigenvalue weighted by molar-refractivity contribution is -0.0174. The number of nitrogens with one attached hydrogen (secondary N) is 1. The van der Waals surface area contributed by atoms with Crippen molar-refractivity contribution in [2.75, 3.05) is 33.3 Å². The van der Waals surface area contributed by atoms with E-state index in [1.54, 1.807) is 22.7 Å². The highest BCUT2D eigenvalue weighted by Gasteiger charge is 2.19. The summed E-state index contributed by atoms with van der Waals surface area (Å²) in [6.45, 7) is 3.12. The number of amides is 1. The third kappa shape index (κ3) is 2.99. The van der Waals surface area contributed by atoms with Gasteiger partial charge >= 0.3 is 0 Å². The van der Waals surface area contributed by atoms with Gasteiger partial charge in [0.2, 0.25) is 0 Å². The van der Waals surface area contributed by atoms with Crippen LogP contribution in [0.15, 0.2) is 30.3 Å². The number of rotatable bonds is 3. The van der Waals surface area contributed by atoms with Crippen LogP contribution in [0.25, 0.3) is 19.5 Å². The van der Waals surface area contributed by atoms with Crippen LogP contribution >= 0.6 is 22.7 Å². The van der Waals surface area contributed by atoms with Crippen LogP contribution in [0, 0.1) is 0 Å². The molecule has 0 unspecified atom stereocenters. The van der Waals surface area contributed by atoms with Gasteiger partial charge < -0.3 is 15.0 Å². The van der Waals surface area contributed by atoms with Crippen molar-refractivity contribution in [1.82, 2.24) is 10.2 Å². The minimum Gasteiger partial charge on any atom is -0.374 e. The van der Waals surface area contributed by atoms with Gasteiger partial charge in [-0.25, -0.2) is 0 Å². The van der Waals surface area contributed by atoms with Crippen molar-refractivity contribution in [3.05, 3.63) is 35.2 Å². The van der Waals surface area contributed by atoms with Crippen molar-refractivity contribution in [2.45, 2.75) is 6.10 Å². The second-order valence-corrected chi connectivity index (χ2v) is 8.00. The molecule has 1 saturated heterocycles. The van der Waals surface area contributed by atoms with Crippen LogP contribution < -0.4 is 5.32 Å². The van der Waals surface area contributed by atoms with E-state index in [9.17, 15) is 4.79 Å². The fraction of sp³-hybridized carbons (Fsp3) is 0.353. The Morgan fingerprint density at radius 1 is 1.35 bits per heavy atom. The highest BCUT2D eigenvalue weighted by Crippen LogP contribution is 2.39. The number of ether oxygens (including phenoxy) is 1. The first-order chi connectivity index (χ1) is 11.2. The van der Waals surface area contributed by atoms with Crippen LogP contribution in [0.1, 0.15) is 9.67 Å². The third-order valence-electron chi connectivity index (χ3n) is 4.11. The maximum Gasteiger partial charge on any atom is 0.261 e. The summed E-state index contributed by atoms with van der Waals surface area (Å²) in [6.07, 6.45) is 0.0830. The quantitative estimate of drug-likeness (QED) is 0.792. The lowest BCUT2D eigenvalue weighted by atomic mass is 10.2. The van der Waals surface area contributed by atoms with Gasteiger partial charge in [0.05, 0.1) is 22.3 Å². The molecule has 4 rings (SSSR count). The number of carbonyl (C=O) groups is 1. The van der Waals surface area contributed by atoms with E-state index in [1.165, 1.54) is 19.5 Å². The smallest absolute Gasteiger partial charge is 0.261 e. The Balaban J connectivity index is 1.48. The van der Waals surface area contributed by atoms with E-state index in [0.717, 1.165) is 24.6 Å². The Bertz CT molecular complexity index is 855. The van der Waals surface area contributed by atoms with Gasteiger partial charge in [-0.2, -0.15) is 0 Å². The van der Waals surface area contributed by atoms with Gasteiger partial charge in [-0.15, -0.1) is 22.7 Å². The van der Waals surface area contributed by atoms with Crippen molar-refractivity contribution in [2.24, 2.45) is 0 Å². The molecule has 1 aromatic carbocycles. The maximum absolute atomic E-state index is 12.4. The number of carbonyl (C=O) groups excluding carboxylic acids is 1. The molecule has 1 fully saturated rings. The van der Waals surface area contributed by atoms with Crippen LogP contribution in [0.2, 0.25) is 0 Å². The molecular formula is C17H18N2O2S2. The molecule has 120 valence electrons. The van der Waals surface area contributed by atoms with Gasteiger partial charge in [0.15, 0.2) is 0 Å². The van der Waals surface area contributed by atoms with Crippen LogP contribution in [0.4, 0.5) is 0 Å². The molecule has 0 spiro atoms. The van der Waals surface area contributed by atoms with Crippen molar-refractivity contribution < 1.29 is 9.53 Å². The van der Waals surface area contributed by atoms with Crippen molar-refractivity contribution in [3.8, 4) is 0 Å². The monoisotopic (exact) mass is 346 g/mol. The fourth-order valence-electron chi connectivity index (χ4n) is 2.90. The Morgan fingerprint density at radius 2 is 2.22 bits per heavy atom. The molecule has 1 amide bonds. The van der Waals surface area contributed by atoms with Crippen LogP contribution in [-0.2, 0) is 4.74 Å². The Labute approximate surface area is 142 Å². The average molecular weight is 346 g/mol. The number of hydrogen-bond acceptors (Lipinski definition) is 5. The molecule has 3 heterocycles. The minimum atomic E-state index is -0.000641. The Morgan fingerprint density at radius 3 is 3.09 bits per heavy atom. The standard InChI is InChI=1S/C17H18N2O2S2/c1-19-6-7-21-11(10-19)9-18-17(20)15-8-14-16(23-15)12-4-2-3-5-13(12)22-14/h2-5,8,11H,6-7,9-10H2,1H3,(H,18,20)/t11-/m0/s1. The number of fused-ring (bicyclic) bond motifs is 3. The van der Waals surface area contributed by atoms with E-state index in [4.69, 9.17) is 4.74 Å². The normalized spacial score (nSPS) is 19.4. The molecule has 6 heteroatoms. The minimum absolute atomic E-state index is 0.000641. The number of benzene rings is 1. The summed E-state index contributed by atoms with van der Waals surface area (Å²) in [5.41, 5.74) is 0. The van der Waals surface area contributed by atoms with Crippen LogP contribution in [0.5, 0.6) is 0 Å². The van der Waals surface area contributed by atoms with Crippen molar-refractivity contribution >= 4 is 48.1 Å². The molecular weight excluding hydrogens is 328 g/mol. The predicted molar refractivity (Wildman–Crippen MR) is 96.8 cm³/mol. The van der Waals surface area contributed by atoms with Gasteiger partial charge in [0, 0.05) is 34.4 Å². The zero-order valence-electron chi connectivity index (χ0n) is 12.9. The zero-order valence-corrected chi connectivity index (χ0v) is 14.5. The first-order valence-corrected chi connectivity index (χ1v) is 9.33. The molecule has 23 heavy (non-hydrogen) atoms. The van der Waals surface area contributed by atoms with E-state index in [-0.39, 0.29) is 12.0 Å². The molecule has 2 aromatic heterocycles. The summed E-state index contributed by atoms with van der Waals surface area (Å²) >= 11 is 3.32. The van der Waals surface area contributed by atoms with Crippen LogP contribution in [0.3, 0.4) is 0 Å². The van der Waals surface area contributed by atoms with Gasteiger partial charge in [0.25, 0.3) is 5.91 Å². The molecule has 1 aliphatic rings. The zero-order chi connectivity index (χ0) is 15.8. The van der Waals surface area contributed by atoms with E-state index in [0.29, 0.717) is 6.54 Å². The summed E-state index contributed by atoms with van der Waals surface area (Å²) in [7, 11) is 2.08. The second kappa shape index (κ2) is 6.20. The van der Waals surface area contributed by atoms with Gasteiger partial charge in [-0.1, -0.05) is 18.2 Å². The molecule has 3 aromatic rings. The number of morpholine rings is 1. The van der Waals surface area contributed by atoms with Crippen LogP contribution in [-0.4, -0.2) is 50.2 Å². The molecule has 0 saturated carbocycles. The van der Waals surface area contributed by atoms with Crippen molar-refractivity contribution in [3.63, 3.8) is 0 Å². The molecule has 1 N–H and O–H groups in total. The lowest BCUT2D eigenvalue weighted by Crippen LogP contribution is -2.45. The molecule has 0 radical (unpaired) electrons. The van der Waals surface area contributed by atoms with Gasteiger partial charge in [-0.05, 0) is 19.2 Å². The average Bonchev–Trinajstić information content (AvgIpc) is 3.10. The Hall–Kier alpha value is -1.47. The summed E-state index contributed by atoms with van der Waals surface area (Å²) in [6, 6.07) is 10.4. The van der Waals surface area contributed by atoms with E-state index in [1.807, 2.05) is 12.1 Å². The number of likely N-dealkylation sites (N-methyl/N-ethyl adjacent to an activating group) is 1. The number of nitrogens with zero attached hydrogens (tertiary/aromatic N) is 1. The van der Waals surface area contributed by atoms with Gasteiger partial charge in [-0.3, -0.25) is 4.79 Å². The third-order valence-corrected chi connectivity index (χ3v) is 6.52. The topological polar surface area (TPSA) is 41.6 Å². The van der Waals surface area contributed by atoms with Gasteiger partial charge in [0.1, 0.15) is 0 Å². The summed E-state index contributed by atoms with van der Waals surface area (Å²) in [5.74, 6) is -0.000641. The molecule has 1 aliphatic heterocycles. The van der Waals surface area contributed by atoms with E-state index >= 15 is 0 Å². The molecule has 0 aliphatic carbocycles. The second-order valence-electron chi connectivity index (χ2n) is 5.87. The largest absolute Gasteiger partial charge is 0.374 e. The lowest BCUT2D eigenvalue weighted by Gasteiger charge is -2.30. The maximum atomic E-state index is 12.4. The molecule has 0 bridgehead atoms. The first kappa shape index (κ1) is 15.1. The highest BCUT2D eigenvalue weighted by atomic mass is 32.1. The number of thiophene rings is 2. The van der Waals surface area contributed by atoms with E-state index < -0.39 is 0 Å². The SMILES string of the molecule is CN1CCO[C@@H](CNC(=O)c2cc3sc4ccccc4c3s2)C1.